The molecule has 0 radical (unpaired) electrons. The van der Waals surface area contributed by atoms with Gasteiger partial charge in [0.05, 0.1) is 7.11 Å². The van der Waals surface area contributed by atoms with Crippen LogP contribution in [0.3, 0.4) is 0 Å². The van der Waals surface area contributed by atoms with Gasteiger partial charge in [-0.05, 0) is 39.5 Å². The molecule has 140 valence electrons. The third-order valence-electron chi connectivity index (χ3n) is 4.23. The summed E-state index contributed by atoms with van der Waals surface area (Å²) in [5.41, 5.74) is -0.592. The van der Waals surface area contributed by atoms with Crippen LogP contribution in [-0.2, 0) is 19.1 Å². The Bertz CT molecular complexity index is 548. The average molecular weight is 352 g/mol. The second-order valence-corrected chi connectivity index (χ2v) is 7.65. The van der Waals surface area contributed by atoms with E-state index in [0.29, 0.717) is 18.9 Å². The lowest BCUT2D eigenvalue weighted by Gasteiger charge is -2.40. The number of amides is 2. The van der Waals surface area contributed by atoms with Crippen molar-refractivity contribution in [2.75, 3.05) is 13.7 Å². The van der Waals surface area contributed by atoms with E-state index in [4.69, 9.17) is 4.74 Å². The Morgan fingerprint density at radius 2 is 1.92 bits per heavy atom. The van der Waals surface area contributed by atoms with E-state index in [0.717, 1.165) is 19.3 Å². The molecule has 1 aliphatic carbocycles. The van der Waals surface area contributed by atoms with Crippen molar-refractivity contribution in [3.8, 4) is 0 Å². The van der Waals surface area contributed by atoms with Gasteiger partial charge in [0.25, 0.3) is 0 Å². The standard InChI is InChI=1S/C18H28N2O5/c1-18(2,3)25-17(23)20-10-9-14(20)16(22)19-13(11-12-5-6-12)7-8-15(21)24-4/h7-8,12-14H,5-6,9-11H2,1-4H3,(H,19,22)/t13-,14+/m1/s1. The van der Waals surface area contributed by atoms with Crippen molar-refractivity contribution in [3.05, 3.63) is 12.2 Å². The lowest BCUT2D eigenvalue weighted by Crippen LogP contribution is -2.60. The van der Waals surface area contributed by atoms with Crippen LogP contribution in [0.15, 0.2) is 12.2 Å². The smallest absolute Gasteiger partial charge is 0.410 e. The Hall–Kier alpha value is -2.05. The molecule has 1 saturated heterocycles. The molecule has 1 N–H and O–H groups in total. The number of nitrogens with zero attached hydrogens (tertiary/aromatic N) is 1. The molecule has 0 spiro atoms. The maximum atomic E-state index is 12.5. The largest absolute Gasteiger partial charge is 0.466 e. The molecule has 0 unspecified atom stereocenters. The van der Waals surface area contributed by atoms with Crippen LogP contribution in [0.5, 0.6) is 0 Å². The minimum atomic E-state index is -0.592. The monoisotopic (exact) mass is 352 g/mol. The number of carbonyl (C=O) groups excluding carboxylic acids is 3. The molecule has 7 nitrogen and oxygen atoms in total. The first-order valence-electron chi connectivity index (χ1n) is 8.75. The molecule has 7 heteroatoms. The molecule has 2 rings (SSSR count). The number of likely N-dealkylation sites (tertiary alicyclic amines) is 1. The van der Waals surface area contributed by atoms with Crippen molar-refractivity contribution >= 4 is 18.0 Å². The van der Waals surface area contributed by atoms with E-state index in [-0.39, 0.29) is 11.9 Å². The number of hydrogen-bond acceptors (Lipinski definition) is 5. The van der Waals surface area contributed by atoms with E-state index < -0.39 is 23.7 Å². The summed E-state index contributed by atoms with van der Waals surface area (Å²) in [4.78, 5) is 37.4. The molecule has 0 aromatic rings. The number of methoxy groups -OCH3 is 1. The summed E-state index contributed by atoms with van der Waals surface area (Å²) >= 11 is 0. The quantitative estimate of drug-likeness (QED) is 0.584. The highest BCUT2D eigenvalue weighted by atomic mass is 16.6. The minimum absolute atomic E-state index is 0.211. The number of hydrogen-bond donors (Lipinski definition) is 1. The van der Waals surface area contributed by atoms with Crippen LogP contribution < -0.4 is 5.32 Å². The molecule has 2 fully saturated rings. The van der Waals surface area contributed by atoms with Crippen molar-refractivity contribution in [3.63, 3.8) is 0 Å². The Balaban J connectivity index is 1.91. The molecular weight excluding hydrogens is 324 g/mol. The van der Waals surface area contributed by atoms with Gasteiger partial charge in [0.1, 0.15) is 11.6 Å². The van der Waals surface area contributed by atoms with Gasteiger partial charge >= 0.3 is 12.1 Å². The van der Waals surface area contributed by atoms with Crippen molar-refractivity contribution in [1.29, 1.82) is 0 Å². The van der Waals surface area contributed by atoms with Gasteiger partial charge in [-0.25, -0.2) is 9.59 Å². The van der Waals surface area contributed by atoms with Crippen LogP contribution in [0, 0.1) is 5.92 Å². The number of ether oxygens (including phenoxy) is 2. The first-order valence-corrected chi connectivity index (χ1v) is 8.75. The van der Waals surface area contributed by atoms with Crippen molar-refractivity contribution in [2.24, 2.45) is 5.92 Å². The fourth-order valence-corrected chi connectivity index (χ4v) is 2.64. The van der Waals surface area contributed by atoms with Crippen molar-refractivity contribution < 1.29 is 23.9 Å². The summed E-state index contributed by atoms with van der Waals surface area (Å²) in [5.74, 6) is -0.0812. The predicted octanol–water partition coefficient (Wildman–Crippen LogP) is 2.01. The van der Waals surface area contributed by atoms with E-state index in [1.165, 1.54) is 18.1 Å². The van der Waals surface area contributed by atoms with Crippen molar-refractivity contribution in [2.45, 2.75) is 64.1 Å². The number of esters is 1. The fourth-order valence-electron chi connectivity index (χ4n) is 2.64. The maximum Gasteiger partial charge on any atom is 0.410 e. The predicted molar refractivity (Wildman–Crippen MR) is 91.8 cm³/mol. The molecule has 0 bridgehead atoms. The Kier molecular flexibility index (Phi) is 6.08. The summed E-state index contributed by atoms with van der Waals surface area (Å²) in [6, 6.07) is -0.747. The van der Waals surface area contributed by atoms with Gasteiger partial charge in [-0.1, -0.05) is 18.9 Å². The molecule has 1 aliphatic heterocycles. The van der Waals surface area contributed by atoms with Gasteiger partial charge in [0.2, 0.25) is 5.91 Å². The molecular formula is C18H28N2O5. The van der Waals surface area contributed by atoms with Gasteiger partial charge < -0.3 is 14.8 Å². The van der Waals surface area contributed by atoms with Crippen LogP contribution >= 0.6 is 0 Å². The highest BCUT2D eigenvalue weighted by Gasteiger charge is 2.40. The molecule has 25 heavy (non-hydrogen) atoms. The van der Waals surface area contributed by atoms with Crippen LogP contribution in [0.4, 0.5) is 4.79 Å². The molecule has 1 heterocycles. The Morgan fingerprint density at radius 3 is 2.40 bits per heavy atom. The van der Waals surface area contributed by atoms with Crippen LogP contribution in [0.25, 0.3) is 0 Å². The highest BCUT2D eigenvalue weighted by Crippen LogP contribution is 2.34. The summed E-state index contributed by atoms with van der Waals surface area (Å²) in [5, 5.41) is 2.93. The van der Waals surface area contributed by atoms with Gasteiger partial charge in [0.15, 0.2) is 0 Å². The number of nitrogens with one attached hydrogen (secondary N) is 1. The van der Waals surface area contributed by atoms with Gasteiger partial charge in [-0.2, -0.15) is 0 Å². The summed E-state index contributed by atoms with van der Waals surface area (Å²) in [7, 11) is 1.31. The molecule has 0 aromatic carbocycles. The minimum Gasteiger partial charge on any atom is -0.466 e. The lowest BCUT2D eigenvalue weighted by molar-refractivity contribution is -0.135. The zero-order chi connectivity index (χ0) is 18.6. The van der Waals surface area contributed by atoms with E-state index in [9.17, 15) is 14.4 Å². The first-order chi connectivity index (χ1) is 11.7. The normalized spacial score (nSPS) is 21.4. The Morgan fingerprint density at radius 1 is 1.24 bits per heavy atom. The number of rotatable bonds is 6. The van der Waals surface area contributed by atoms with Crippen molar-refractivity contribution in [1.82, 2.24) is 10.2 Å². The third-order valence-corrected chi connectivity index (χ3v) is 4.23. The molecule has 0 aromatic heterocycles. The lowest BCUT2D eigenvalue weighted by atomic mass is 10.0. The zero-order valence-electron chi connectivity index (χ0n) is 15.4. The second kappa shape index (κ2) is 7.89. The fraction of sp³-hybridized carbons (Fsp3) is 0.722. The zero-order valence-corrected chi connectivity index (χ0v) is 15.4. The maximum absolute atomic E-state index is 12.5. The second-order valence-electron chi connectivity index (χ2n) is 7.65. The first kappa shape index (κ1) is 19.3. The number of carbonyl (C=O) groups is 3. The summed E-state index contributed by atoms with van der Waals surface area (Å²) in [6.45, 7) is 5.90. The van der Waals surface area contributed by atoms with Crippen LogP contribution in [0.2, 0.25) is 0 Å². The molecule has 2 atom stereocenters. The summed E-state index contributed by atoms with van der Waals surface area (Å²) < 4.78 is 9.92. The Labute approximate surface area is 148 Å². The molecule has 2 amide bonds. The summed E-state index contributed by atoms with van der Waals surface area (Å²) in [6.07, 6.45) is 6.22. The highest BCUT2D eigenvalue weighted by molar-refractivity contribution is 5.88. The van der Waals surface area contributed by atoms with Crippen LogP contribution in [-0.4, -0.2) is 54.2 Å². The van der Waals surface area contributed by atoms with Gasteiger partial charge in [-0.15, -0.1) is 0 Å². The third kappa shape index (κ3) is 6.07. The van der Waals surface area contributed by atoms with Gasteiger partial charge in [0, 0.05) is 18.7 Å². The molecule has 1 saturated carbocycles. The van der Waals surface area contributed by atoms with E-state index in [1.54, 1.807) is 26.8 Å². The van der Waals surface area contributed by atoms with Gasteiger partial charge in [-0.3, -0.25) is 9.69 Å². The average Bonchev–Trinajstić information content (AvgIpc) is 3.24. The topological polar surface area (TPSA) is 84.9 Å². The van der Waals surface area contributed by atoms with E-state index in [1.807, 2.05) is 0 Å². The SMILES string of the molecule is COC(=O)C=C[C@H](CC1CC1)NC(=O)[C@@H]1CCN1C(=O)OC(C)(C)C. The molecule has 2 aliphatic rings. The van der Waals surface area contributed by atoms with E-state index in [2.05, 4.69) is 10.1 Å². The van der Waals surface area contributed by atoms with Crippen LogP contribution in [0.1, 0.15) is 46.5 Å². The van der Waals surface area contributed by atoms with E-state index >= 15 is 0 Å².